The van der Waals surface area contributed by atoms with Crippen molar-refractivity contribution in [1.82, 2.24) is 5.32 Å². The Hall–Kier alpha value is -1.22. The minimum Gasteiger partial charge on any atom is -0.454 e. The summed E-state index contributed by atoms with van der Waals surface area (Å²) in [5.41, 5.74) is 1.19. The molecule has 3 nitrogen and oxygen atoms in total. The van der Waals surface area contributed by atoms with Crippen LogP contribution in [0.4, 0.5) is 0 Å². The van der Waals surface area contributed by atoms with Crippen LogP contribution >= 0.6 is 0 Å². The number of fused-ring (bicyclic) bond motifs is 1. The highest BCUT2D eigenvalue weighted by Gasteiger charge is 2.16. The second kappa shape index (κ2) is 6.64. The highest BCUT2D eigenvalue weighted by atomic mass is 16.7. The molecular formula is C15H23NO2. The zero-order valence-corrected chi connectivity index (χ0v) is 11.4. The number of hydrogen-bond acceptors (Lipinski definition) is 3. The van der Waals surface area contributed by atoms with E-state index < -0.39 is 0 Å². The molecule has 100 valence electrons. The van der Waals surface area contributed by atoms with Gasteiger partial charge in [-0.2, -0.15) is 0 Å². The van der Waals surface area contributed by atoms with Gasteiger partial charge in [0, 0.05) is 12.1 Å². The lowest BCUT2D eigenvalue weighted by atomic mass is 10.1. The van der Waals surface area contributed by atoms with Crippen molar-refractivity contribution in [2.24, 2.45) is 5.92 Å². The van der Waals surface area contributed by atoms with E-state index in [-0.39, 0.29) is 0 Å². The standard InChI is InChI=1S/C15H23NO2/c1-12(2)6-3-4-9-16-10-13-7-5-8-14-15(13)18-11-17-14/h5,7-8,12,16H,3-4,6,9-11H2,1-2H3. The van der Waals surface area contributed by atoms with E-state index in [9.17, 15) is 0 Å². The van der Waals surface area contributed by atoms with Crippen molar-refractivity contribution < 1.29 is 9.47 Å². The van der Waals surface area contributed by atoms with Gasteiger partial charge >= 0.3 is 0 Å². The van der Waals surface area contributed by atoms with Crippen LogP contribution in [0.15, 0.2) is 18.2 Å². The van der Waals surface area contributed by atoms with E-state index in [0.29, 0.717) is 6.79 Å². The van der Waals surface area contributed by atoms with Crippen molar-refractivity contribution in [3.63, 3.8) is 0 Å². The van der Waals surface area contributed by atoms with Gasteiger partial charge in [-0.05, 0) is 24.9 Å². The molecule has 0 aromatic heterocycles. The maximum Gasteiger partial charge on any atom is 0.231 e. The third-order valence-electron chi connectivity index (χ3n) is 3.18. The van der Waals surface area contributed by atoms with Gasteiger partial charge in [0.1, 0.15) is 0 Å². The predicted molar refractivity (Wildman–Crippen MR) is 73.0 cm³/mol. The van der Waals surface area contributed by atoms with Crippen LogP contribution in [0.5, 0.6) is 11.5 Å². The lowest BCUT2D eigenvalue weighted by Crippen LogP contribution is -2.15. The molecule has 3 heteroatoms. The van der Waals surface area contributed by atoms with E-state index in [1.807, 2.05) is 12.1 Å². The Morgan fingerprint density at radius 1 is 1.22 bits per heavy atom. The number of nitrogens with one attached hydrogen (secondary N) is 1. The second-order valence-corrected chi connectivity index (χ2v) is 5.22. The molecule has 1 aliphatic heterocycles. The van der Waals surface area contributed by atoms with Crippen molar-refractivity contribution in [2.45, 2.75) is 39.7 Å². The summed E-state index contributed by atoms with van der Waals surface area (Å²) in [6, 6.07) is 6.06. The Kier molecular flexibility index (Phi) is 4.88. The number of ether oxygens (including phenoxy) is 2. The SMILES string of the molecule is CC(C)CCCCNCc1cccc2c1OCO2. The summed E-state index contributed by atoms with van der Waals surface area (Å²) in [5.74, 6) is 2.59. The first-order chi connectivity index (χ1) is 8.77. The van der Waals surface area contributed by atoms with Crippen LogP contribution in [-0.4, -0.2) is 13.3 Å². The second-order valence-electron chi connectivity index (χ2n) is 5.22. The minimum atomic E-state index is 0.348. The van der Waals surface area contributed by atoms with Crippen LogP contribution in [0.3, 0.4) is 0 Å². The molecule has 0 aliphatic carbocycles. The lowest BCUT2D eigenvalue weighted by Gasteiger charge is -2.08. The number of benzene rings is 1. The van der Waals surface area contributed by atoms with E-state index in [2.05, 4.69) is 25.2 Å². The van der Waals surface area contributed by atoms with E-state index in [1.54, 1.807) is 0 Å². The fourth-order valence-electron chi connectivity index (χ4n) is 2.16. The average molecular weight is 249 g/mol. The molecule has 0 saturated heterocycles. The Labute approximate surface area is 109 Å². The Bertz CT molecular complexity index is 377. The van der Waals surface area contributed by atoms with Crippen LogP contribution in [0.2, 0.25) is 0 Å². The van der Waals surface area contributed by atoms with E-state index >= 15 is 0 Å². The normalized spacial score (nSPS) is 13.3. The van der Waals surface area contributed by atoms with Crippen molar-refractivity contribution in [3.8, 4) is 11.5 Å². The molecule has 0 saturated carbocycles. The largest absolute Gasteiger partial charge is 0.454 e. The minimum absolute atomic E-state index is 0.348. The van der Waals surface area contributed by atoms with Crippen molar-refractivity contribution in [1.29, 1.82) is 0 Å². The summed E-state index contributed by atoms with van der Waals surface area (Å²) >= 11 is 0. The Balaban J connectivity index is 1.70. The van der Waals surface area contributed by atoms with Gasteiger partial charge in [-0.15, -0.1) is 0 Å². The number of hydrogen-bond donors (Lipinski definition) is 1. The van der Waals surface area contributed by atoms with Gasteiger partial charge in [0.05, 0.1) is 0 Å². The summed E-state index contributed by atoms with van der Waals surface area (Å²) in [4.78, 5) is 0. The van der Waals surface area contributed by atoms with Crippen LogP contribution < -0.4 is 14.8 Å². The molecule has 1 aliphatic rings. The zero-order chi connectivity index (χ0) is 12.8. The fraction of sp³-hybridized carbons (Fsp3) is 0.600. The molecular weight excluding hydrogens is 226 g/mol. The number of para-hydroxylation sites is 1. The summed E-state index contributed by atoms with van der Waals surface area (Å²) in [7, 11) is 0. The van der Waals surface area contributed by atoms with Crippen LogP contribution in [0.25, 0.3) is 0 Å². The van der Waals surface area contributed by atoms with Crippen LogP contribution in [-0.2, 0) is 6.54 Å². The van der Waals surface area contributed by atoms with E-state index in [1.165, 1.54) is 24.8 Å². The maximum atomic E-state index is 5.48. The quantitative estimate of drug-likeness (QED) is 0.752. The molecule has 1 aromatic carbocycles. The number of unbranched alkanes of at least 4 members (excludes halogenated alkanes) is 1. The fourth-order valence-corrected chi connectivity index (χ4v) is 2.16. The smallest absolute Gasteiger partial charge is 0.231 e. The van der Waals surface area contributed by atoms with Gasteiger partial charge < -0.3 is 14.8 Å². The third-order valence-corrected chi connectivity index (χ3v) is 3.18. The molecule has 0 unspecified atom stereocenters. The molecule has 2 rings (SSSR count). The first-order valence-electron chi connectivity index (χ1n) is 6.85. The zero-order valence-electron chi connectivity index (χ0n) is 11.4. The Morgan fingerprint density at radius 3 is 2.94 bits per heavy atom. The lowest BCUT2D eigenvalue weighted by molar-refractivity contribution is 0.173. The molecule has 0 radical (unpaired) electrons. The first kappa shape index (κ1) is 13.2. The van der Waals surface area contributed by atoms with Crippen molar-refractivity contribution in [3.05, 3.63) is 23.8 Å². The number of rotatable bonds is 7. The average Bonchev–Trinajstić information content (AvgIpc) is 2.82. The van der Waals surface area contributed by atoms with Gasteiger partial charge in [-0.1, -0.05) is 38.8 Å². The van der Waals surface area contributed by atoms with Gasteiger partial charge in [0.2, 0.25) is 6.79 Å². The summed E-state index contributed by atoms with van der Waals surface area (Å²) in [5, 5.41) is 3.47. The molecule has 0 atom stereocenters. The van der Waals surface area contributed by atoms with E-state index in [4.69, 9.17) is 9.47 Å². The first-order valence-corrected chi connectivity index (χ1v) is 6.85. The van der Waals surface area contributed by atoms with Crippen molar-refractivity contribution >= 4 is 0 Å². The summed E-state index contributed by atoms with van der Waals surface area (Å²) in [6.45, 7) is 6.82. The van der Waals surface area contributed by atoms with Gasteiger partial charge in [-0.25, -0.2) is 0 Å². The predicted octanol–water partition coefficient (Wildman–Crippen LogP) is 3.33. The molecule has 1 aromatic rings. The van der Waals surface area contributed by atoms with Gasteiger partial charge in [0.15, 0.2) is 11.5 Å². The van der Waals surface area contributed by atoms with Crippen LogP contribution in [0.1, 0.15) is 38.7 Å². The molecule has 1 N–H and O–H groups in total. The Morgan fingerprint density at radius 2 is 2.11 bits per heavy atom. The molecule has 18 heavy (non-hydrogen) atoms. The van der Waals surface area contributed by atoms with E-state index in [0.717, 1.165) is 30.5 Å². The topological polar surface area (TPSA) is 30.5 Å². The highest BCUT2D eigenvalue weighted by Crippen LogP contribution is 2.35. The van der Waals surface area contributed by atoms with Crippen molar-refractivity contribution in [2.75, 3.05) is 13.3 Å². The molecule has 0 bridgehead atoms. The molecule has 1 heterocycles. The third kappa shape index (κ3) is 3.64. The maximum absolute atomic E-state index is 5.48. The summed E-state index contributed by atoms with van der Waals surface area (Å²) < 4.78 is 10.8. The van der Waals surface area contributed by atoms with Gasteiger partial charge in [0.25, 0.3) is 0 Å². The summed E-state index contributed by atoms with van der Waals surface area (Å²) in [6.07, 6.45) is 3.86. The molecule has 0 spiro atoms. The monoisotopic (exact) mass is 249 g/mol. The van der Waals surface area contributed by atoms with Gasteiger partial charge in [-0.3, -0.25) is 0 Å². The molecule has 0 fully saturated rings. The molecule has 0 amide bonds. The van der Waals surface area contributed by atoms with Crippen LogP contribution in [0, 0.1) is 5.92 Å². The highest BCUT2D eigenvalue weighted by molar-refractivity contribution is 5.48.